The molecule has 1 unspecified atom stereocenters. The molecular formula is C13H20N2O2. The Hall–Kier alpha value is -1.08. The third-order valence-electron chi connectivity index (χ3n) is 4.03. The number of amides is 1. The highest BCUT2D eigenvalue weighted by Crippen LogP contribution is 2.37. The lowest BCUT2D eigenvalue weighted by molar-refractivity contribution is -0.129. The molecule has 17 heavy (non-hydrogen) atoms. The molecule has 2 rings (SSSR count). The molecule has 0 aromatic heterocycles. The predicted octanol–water partition coefficient (Wildman–Crippen LogP) is 1.76. The van der Waals surface area contributed by atoms with Crippen LogP contribution >= 0.6 is 0 Å². The number of nitrogens with one attached hydrogen (secondary N) is 1. The van der Waals surface area contributed by atoms with Crippen molar-refractivity contribution in [3.8, 4) is 6.07 Å². The lowest BCUT2D eigenvalue weighted by Gasteiger charge is -2.26. The number of rotatable bonds is 3. The molecule has 0 spiro atoms. The van der Waals surface area contributed by atoms with Crippen molar-refractivity contribution in [2.45, 2.75) is 51.0 Å². The van der Waals surface area contributed by atoms with E-state index >= 15 is 0 Å². The lowest BCUT2D eigenvalue weighted by atomic mass is 9.87. The first kappa shape index (κ1) is 12.4. The fourth-order valence-electron chi connectivity index (χ4n) is 2.78. The average molecular weight is 236 g/mol. The molecule has 1 aliphatic heterocycles. The molecule has 1 saturated carbocycles. The molecule has 1 aliphatic carbocycles. The van der Waals surface area contributed by atoms with Crippen LogP contribution in [0.1, 0.15) is 45.4 Å². The first-order chi connectivity index (χ1) is 8.10. The van der Waals surface area contributed by atoms with Gasteiger partial charge in [0.1, 0.15) is 5.41 Å². The third-order valence-corrected chi connectivity index (χ3v) is 4.03. The number of hydrogen-bond donors (Lipinski definition) is 1. The van der Waals surface area contributed by atoms with E-state index in [2.05, 4.69) is 11.4 Å². The second-order valence-electron chi connectivity index (χ2n) is 5.49. The van der Waals surface area contributed by atoms with Gasteiger partial charge in [-0.3, -0.25) is 4.79 Å². The molecule has 1 saturated heterocycles. The number of nitrogens with zero attached hydrogens (tertiary/aromatic N) is 1. The highest BCUT2D eigenvalue weighted by Gasteiger charge is 2.42. The zero-order valence-electron chi connectivity index (χ0n) is 10.4. The van der Waals surface area contributed by atoms with E-state index in [9.17, 15) is 10.1 Å². The van der Waals surface area contributed by atoms with Crippen LogP contribution < -0.4 is 5.32 Å². The summed E-state index contributed by atoms with van der Waals surface area (Å²) < 4.78 is 5.62. The van der Waals surface area contributed by atoms with Crippen LogP contribution in [-0.4, -0.2) is 24.7 Å². The maximum Gasteiger partial charge on any atom is 0.240 e. The van der Waals surface area contributed by atoms with Crippen LogP contribution in [0.15, 0.2) is 0 Å². The Balaban J connectivity index is 1.91. The summed E-state index contributed by atoms with van der Waals surface area (Å²) in [5.41, 5.74) is -1.00. The van der Waals surface area contributed by atoms with Gasteiger partial charge in [0.05, 0.1) is 11.7 Å². The number of carbonyl (C=O) groups excluding carboxylic acids is 1. The summed E-state index contributed by atoms with van der Waals surface area (Å²) in [6.45, 7) is 3.32. The van der Waals surface area contributed by atoms with Gasteiger partial charge in [-0.2, -0.15) is 5.26 Å². The normalized spacial score (nSPS) is 31.1. The van der Waals surface area contributed by atoms with Gasteiger partial charge < -0.3 is 10.1 Å². The van der Waals surface area contributed by atoms with E-state index in [4.69, 9.17) is 4.74 Å². The molecule has 94 valence electrons. The van der Waals surface area contributed by atoms with Crippen LogP contribution in [-0.2, 0) is 9.53 Å². The van der Waals surface area contributed by atoms with Crippen molar-refractivity contribution in [2.75, 3.05) is 13.2 Å². The van der Waals surface area contributed by atoms with E-state index in [1.807, 2.05) is 6.92 Å². The van der Waals surface area contributed by atoms with Gasteiger partial charge in [-0.25, -0.2) is 0 Å². The smallest absolute Gasteiger partial charge is 0.240 e. The summed E-state index contributed by atoms with van der Waals surface area (Å²) in [6, 6.07) is 2.21. The highest BCUT2D eigenvalue weighted by atomic mass is 16.5. The van der Waals surface area contributed by atoms with Gasteiger partial charge in [0.25, 0.3) is 0 Å². The second-order valence-corrected chi connectivity index (χ2v) is 5.49. The molecule has 2 fully saturated rings. The van der Waals surface area contributed by atoms with Crippen molar-refractivity contribution in [2.24, 2.45) is 5.41 Å². The largest absolute Gasteiger partial charge is 0.373 e. The van der Waals surface area contributed by atoms with E-state index in [1.54, 1.807) is 0 Å². The third kappa shape index (κ3) is 2.44. The molecule has 1 N–H and O–H groups in total. The van der Waals surface area contributed by atoms with E-state index in [0.717, 1.165) is 32.3 Å². The van der Waals surface area contributed by atoms with Gasteiger partial charge in [0, 0.05) is 13.2 Å². The van der Waals surface area contributed by atoms with Crippen LogP contribution in [0.4, 0.5) is 0 Å². The maximum atomic E-state index is 12.1. The van der Waals surface area contributed by atoms with Crippen LogP contribution in [0.5, 0.6) is 0 Å². The Morgan fingerprint density at radius 2 is 2.06 bits per heavy atom. The van der Waals surface area contributed by atoms with Crippen LogP contribution in [0, 0.1) is 16.7 Å². The Kier molecular flexibility index (Phi) is 3.39. The summed E-state index contributed by atoms with van der Waals surface area (Å²) in [5.74, 6) is -0.103. The molecule has 0 aromatic rings. The fraction of sp³-hybridized carbons (Fsp3) is 0.846. The van der Waals surface area contributed by atoms with Crippen molar-refractivity contribution >= 4 is 5.91 Å². The zero-order chi connectivity index (χ0) is 12.4. The average Bonchev–Trinajstić information content (AvgIpc) is 2.96. The number of carbonyl (C=O) groups is 1. The first-order valence-corrected chi connectivity index (χ1v) is 6.44. The van der Waals surface area contributed by atoms with Crippen molar-refractivity contribution in [1.82, 2.24) is 5.32 Å². The van der Waals surface area contributed by atoms with Gasteiger partial charge in [-0.15, -0.1) is 0 Å². The molecule has 4 heteroatoms. The summed E-state index contributed by atoms with van der Waals surface area (Å²) in [4.78, 5) is 12.1. The van der Waals surface area contributed by atoms with Crippen molar-refractivity contribution in [3.05, 3.63) is 0 Å². The Morgan fingerprint density at radius 1 is 1.35 bits per heavy atom. The van der Waals surface area contributed by atoms with Crippen LogP contribution in [0.3, 0.4) is 0 Å². The number of ether oxygens (including phenoxy) is 1. The van der Waals surface area contributed by atoms with Gasteiger partial charge >= 0.3 is 0 Å². The second kappa shape index (κ2) is 4.66. The molecular weight excluding hydrogens is 216 g/mol. The molecule has 0 bridgehead atoms. The molecule has 2 aliphatic rings. The highest BCUT2D eigenvalue weighted by molar-refractivity contribution is 5.85. The Bertz CT molecular complexity index is 334. The molecule has 1 atom stereocenters. The minimum atomic E-state index is -0.769. The maximum absolute atomic E-state index is 12.1. The van der Waals surface area contributed by atoms with Gasteiger partial charge in [0.2, 0.25) is 5.91 Å². The molecule has 1 amide bonds. The van der Waals surface area contributed by atoms with Gasteiger partial charge in [0.15, 0.2) is 0 Å². The van der Waals surface area contributed by atoms with Crippen LogP contribution in [0.25, 0.3) is 0 Å². The van der Waals surface area contributed by atoms with Crippen molar-refractivity contribution < 1.29 is 9.53 Å². The first-order valence-electron chi connectivity index (χ1n) is 6.44. The standard InChI is InChI=1S/C13H20N2O2/c1-12(5-4-8-17-12)10-15-11(16)13(9-14)6-2-3-7-13/h2-8,10H2,1H3,(H,15,16). The molecule has 1 heterocycles. The molecule has 0 aromatic carbocycles. The van der Waals surface area contributed by atoms with E-state index < -0.39 is 5.41 Å². The van der Waals surface area contributed by atoms with Gasteiger partial charge in [-0.05, 0) is 32.6 Å². The minimum absolute atomic E-state index is 0.103. The summed E-state index contributed by atoms with van der Waals surface area (Å²) in [6.07, 6.45) is 5.39. The lowest BCUT2D eigenvalue weighted by Crippen LogP contribution is -2.45. The summed E-state index contributed by atoms with van der Waals surface area (Å²) in [7, 11) is 0. The predicted molar refractivity (Wildman–Crippen MR) is 63.1 cm³/mol. The summed E-state index contributed by atoms with van der Waals surface area (Å²) in [5, 5.41) is 12.1. The van der Waals surface area contributed by atoms with E-state index in [-0.39, 0.29) is 11.5 Å². The van der Waals surface area contributed by atoms with Crippen molar-refractivity contribution in [3.63, 3.8) is 0 Å². The van der Waals surface area contributed by atoms with Crippen LogP contribution in [0.2, 0.25) is 0 Å². The Morgan fingerprint density at radius 3 is 2.59 bits per heavy atom. The Labute approximate surface area is 102 Å². The SMILES string of the molecule is CC1(CNC(=O)C2(C#N)CCCC2)CCCO1. The number of nitriles is 1. The fourth-order valence-corrected chi connectivity index (χ4v) is 2.78. The quantitative estimate of drug-likeness (QED) is 0.812. The monoisotopic (exact) mass is 236 g/mol. The van der Waals surface area contributed by atoms with E-state index in [0.29, 0.717) is 19.4 Å². The topological polar surface area (TPSA) is 62.1 Å². The minimum Gasteiger partial charge on any atom is -0.373 e. The molecule has 0 radical (unpaired) electrons. The number of hydrogen-bond acceptors (Lipinski definition) is 3. The van der Waals surface area contributed by atoms with Crippen molar-refractivity contribution in [1.29, 1.82) is 5.26 Å². The van der Waals surface area contributed by atoms with Gasteiger partial charge in [-0.1, -0.05) is 12.8 Å². The zero-order valence-corrected chi connectivity index (χ0v) is 10.4. The summed E-state index contributed by atoms with van der Waals surface area (Å²) >= 11 is 0. The van der Waals surface area contributed by atoms with E-state index in [1.165, 1.54) is 0 Å². The molecule has 4 nitrogen and oxygen atoms in total.